The summed E-state index contributed by atoms with van der Waals surface area (Å²) in [4.78, 5) is 9.27. The molecule has 1 radical (unpaired) electrons. The lowest BCUT2D eigenvalue weighted by Gasteiger charge is -1.82. The number of nitriles is 1. The third-order valence-electron chi connectivity index (χ3n) is 0.255. The van der Waals surface area contributed by atoms with Crippen LogP contribution in [0.25, 0.3) is 0 Å². The van der Waals surface area contributed by atoms with Crippen molar-refractivity contribution in [1.82, 2.24) is 0 Å². The van der Waals surface area contributed by atoms with E-state index in [1.165, 1.54) is 6.07 Å². The highest BCUT2D eigenvalue weighted by molar-refractivity contribution is 5.56. The van der Waals surface area contributed by atoms with Gasteiger partial charge in [0.15, 0.2) is 6.61 Å². The van der Waals surface area contributed by atoms with Gasteiger partial charge in [0, 0.05) is 0 Å². The van der Waals surface area contributed by atoms with Crippen molar-refractivity contribution in [3.8, 4) is 6.07 Å². The maximum Gasteiger partial charge on any atom is 0.551 e. The lowest BCUT2D eigenvalue weighted by Crippen LogP contribution is -1.96. The van der Waals surface area contributed by atoms with Crippen LogP contribution in [0.2, 0.25) is 0 Å². The zero-order valence-electron chi connectivity index (χ0n) is 3.38. The number of rotatable bonds is 1. The molecular formula is C3H2NO3. The Balaban J connectivity index is 3.02. The molecule has 0 fully saturated rings. The van der Waals surface area contributed by atoms with Crippen LogP contribution in [0.15, 0.2) is 0 Å². The van der Waals surface area contributed by atoms with Crippen LogP contribution in [0.1, 0.15) is 0 Å². The standard InChI is InChI=1S/C3H2NO3/c4-1-2-7-3(5)6/h2H2. The first-order valence-electron chi connectivity index (χ1n) is 1.48. The van der Waals surface area contributed by atoms with E-state index in [2.05, 4.69) is 4.74 Å². The average Bonchev–Trinajstić information content (AvgIpc) is 1.61. The van der Waals surface area contributed by atoms with Gasteiger partial charge < -0.3 is 4.74 Å². The van der Waals surface area contributed by atoms with E-state index in [0.717, 1.165) is 0 Å². The highest BCUT2D eigenvalue weighted by Crippen LogP contribution is 1.71. The molecule has 0 aliphatic rings. The molecule has 0 amide bonds. The van der Waals surface area contributed by atoms with Crippen molar-refractivity contribution in [1.29, 1.82) is 5.26 Å². The zero-order valence-corrected chi connectivity index (χ0v) is 3.38. The Morgan fingerprint density at radius 2 is 2.43 bits per heavy atom. The van der Waals surface area contributed by atoms with Crippen LogP contribution in [0.4, 0.5) is 4.79 Å². The summed E-state index contributed by atoms with van der Waals surface area (Å²) in [6.07, 6.45) is -1.67. The SMILES string of the molecule is N#CCOC([O])=O. The number of carbonyl (C=O) groups excluding carboxylic acids is 1. The molecule has 7 heavy (non-hydrogen) atoms. The maximum absolute atomic E-state index is 9.27. The number of nitrogens with zero attached hydrogens (tertiary/aromatic N) is 1. The summed E-state index contributed by atoms with van der Waals surface area (Å²) in [5, 5.41) is 16.9. The fourth-order valence-corrected chi connectivity index (χ4v) is 0.0912. The molecule has 37 valence electrons. The van der Waals surface area contributed by atoms with Crippen molar-refractivity contribution in [3.05, 3.63) is 0 Å². The molecule has 0 heterocycles. The topological polar surface area (TPSA) is 70.0 Å². The van der Waals surface area contributed by atoms with Crippen molar-refractivity contribution in [2.24, 2.45) is 0 Å². The molecule has 0 aromatic heterocycles. The summed E-state index contributed by atoms with van der Waals surface area (Å²) in [6, 6.07) is 1.46. The van der Waals surface area contributed by atoms with Crippen LogP contribution in [-0.2, 0) is 9.84 Å². The molecule has 0 N–H and O–H groups in total. The summed E-state index contributed by atoms with van der Waals surface area (Å²) in [5.74, 6) is 0. The van der Waals surface area contributed by atoms with Gasteiger partial charge >= 0.3 is 6.16 Å². The van der Waals surface area contributed by atoms with Gasteiger partial charge in [-0.05, 0) is 0 Å². The Kier molecular flexibility index (Phi) is 2.44. The smallest absolute Gasteiger partial charge is 0.416 e. The van der Waals surface area contributed by atoms with E-state index in [1.807, 2.05) is 0 Å². The van der Waals surface area contributed by atoms with E-state index in [0.29, 0.717) is 0 Å². The van der Waals surface area contributed by atoms with E-state index >= 15 is 0 Å². The molecule has 0 aliphatic carbocycles. The molecule has 0 atom stereocenters. The predicted molar refractivity (Wildman–Crippen MR) is 17.6 cm³/mol. The van der Waals surface area contributed by atoms with Gasteiger partial charge in [-0.3, -0.25) is 0 Å². The number of hydrogen-bond donors (Lipinski definition) is 0. The number of carbonyl (C=O) groups is 1. The van der Waals surface area contributed by atoms with Crippen LogP contribution in [-0.4, -0.2) is 12.8 Å². The molecule has 0 rings (SSSR count). The van der Waals surface area contributed by atoms with Gasteiger partial charge in [0.1, 0.15) is 6.07 Å². The van der Waals surface area contributed by atoms with Gasteiger partial charge in [0.25, 0.3) is 0 Å². The molecule has 0 aromatic rings. The fourth-order valence-electron chi connectivity index (χ4n) is 0.0912. The lowest BCUT2D eigenvalue weighted by atomic mass is 10.8. The number of hydrogen-bond acceptors (Lipinski definition) is 3. The highest BCUT2D eigenvalue weighted by atomic mass is 16.7. The van der Waals surface area contributed by atoms with E-state index in [1.54, 1.807) is 0 Å². The second kappa shape index (κ2) is 2.97. The van der Waals surface area contributed by atoms with Crippen molar-refractivity contribution in [2.45, 2.75) is 0 Å². The third kappa shape index (κ3) is 4.76. The van der Waals surface area contributed by atoms with Crippen molar-refractivity contribution in [2.75, 3.05) is 6.61 Å². The minimum Gasteiger partial charge on any atom is -0.416 e. The summed E-state index contributed by atoms with van der Waals surface area (Å²) in [5.41, 5.74) is 0. The van der Waals surface area contributed by atoms with Crippen molar-refractivity contribution < 1.29 is 14.6 Å². The van der Waals surface area contributed by atoms with Crippen molar-refractivity contribution in [3.63, 3.8) is 0 Å². The highest BCUT2D eigenvalue weighted by Gasteiger charge is 1.93. The summed E-state index contributed by atoms with van der Waals surface area (Å²) >= 11 is 0. The first kappa shape index (κ1) is 5.76. The molecule has 4 nitrogen and oxygen atoms in total. The molecule has 0 spiro atoms. The number of ether oxygens (including phenoxy) is 1. The second-order valence-electron chi connectivity index (χ2n) is 0.697. The van der Waals surface area contributed by atoms with Crippen molar-refractivity contribution >= 4 is 6.16 Å². The minimum absolute atomic E-state index is 0.456. The van der Waals surface area contributed by atoms with Crippen LogP contribution in [0.5, 0.6) is 0 Å². The molecule has 4 heteroatoms. The maximum atomic E-state index is 9.27. The van der Waals surface area contributed by atoms with Gasteiger partial charge in [-0.1, -0.05) is 0 Å². The Bertz CT molecular complexity index is 103. The minimum atomic E-state index is -1.67. The Hall–Kier alpha value is -1.24. The molecule has 0 aromatic carbocycles. The van der Waals surface area contributed by atoms with E-state index in [-0.39, 0.29) is 0 Å². The monoisotopic (exact) mass is 100 g/mol. The van der Waals surface area contributed by atoms with Gasteiger partial charge in [-0.15, -0.1) is 0 Å². The fraction of sp³-hybridized carbons (Fsp3) is 0.333. The summed E-state index contributed by atoms with van der Waals surface area (Å²) in [7, 11) is 0. The van der Waals surface area contributed by atoms with Crippen LogP contribution < -0.4 is 0 Å². The molecule has 0 saturated heterocycles. The van der Waals surface area contributed by atoms with Crippen LogP contribution >= 0.6 is 0 Å². The van der Waals surface area contributed by atoms with Crippen LogP contribution in [0.3, 0.4) is 0 Å². The summed E-state index contributed by atoms with van der Waals surface area (Å²) < 4.78 is 3.64. The lowest BCUT2D eigenvalue weighted by molar-refractivity contribution is 0.0781. The first-order valence-corrected chi connectivity index (χ1v) is 1.48. The van der Waals surface area contributed by atoms with Gasteiger partial charge in [0.05, 0.1) is 0 Å². The Morgan fingerprint density at radius 3 is 2.57 bits per heavy atom. The molecule has 0 saturated carbocycles. The largest absolute Gasteiger partial charge is 0.551 e. The predicted octanol–water partition coefficient (Wildman–Crippen LogP) is 0.0771. The Morgan fingerprint density at radius 1 is 1.86 bits per heavy atom. The quantitative estimate of drug-likeness (QED) is 0.438. The Labute approximate surface area is 39.9 Å². The van der Waals surface area contributed by atoms with E-state index in [4.69, 9.17) is 5.26 Å². The first-order chi connectivity index (χ1) is 3.27. The van der Waals surface area contributed by atoms with Gasteiger partial charge in [0.2, 0.25) is 0 Å². The second-order valence-corrected chi connectivity index (χ2v) is 0.697. The molecule has 0 unspecified atom stereocenters. The summed E-state index contributed by atoms with van der Waals surface area (Å²) in [6.45, 7) is -0.456. The molecular weight excluding hydrogens is 98.0 g/mol. The average molecular weight is 100 g/mol. The molecule has 0 aliphatic heterocycles. The van der Waals surface area contributed by atoms with Gasteiger partial charge in [-0.25, -0.2) is 0 Å². The molecule has 0 bridgehead atoms. The zero-order chi connectivity index (χ0) is 5.70. The van der Waals surface area contributed by atoms with E-state index in [9.17, 15) is 9.90 Å². The van der Waals surface area contributed by atoms with E-state index < -0.39 is 12.8 Å². The normalized spacial score (nSPS) is 6.71. The third-order valence-corrected chi connectivity index (χ3v) is 0.255. The van der Waals surface area contributed by atoms with Crippen LogP contribution in [0, 0.1) is 11.3 Å². The van der Waals surface area contributed by atoms with Gasteiger partial charge in [-0.2, -0.15) is 15.2 Å².